The van der Waals surface area contributed by atoms with Crippen molar-refractivity contribution in [2.45, 2.75) is 39.4 Å². The summed E-state index contributed by atoms with van der Waals surface area (Å²) in [6, 6.07) is 17.4. The van der Waals surface area contributed by atoms with Crippen molar-refractivity contribution in [1.29, 1.82) is 0 Å². The predicted molar refractivity (Wildman–Crippen MR) is 142 cm³/mol. The minimum Gasteiger partial charge on any atom is -0.507 e. The van der Waals surface area contributed by atoms with Crippen molar-refractivity contribution in [2.75, 3.05) is 25.1 Å². The van der Waals surface area contributed by atoms with Crippen molar-refractivity contribution >= 4 is 28.9 Å². The Morgan fingerprint density at radius 1 is 0.842 bits per heavy atom. The van der Waals surface area contributed by atoms with Crippen LogP contribution in [0.4, 0.5) is 11.4 Å². The van der Waals surface area contributed by atoms with Crippen molar-refractivity contribution in [3.63, 3.8) is 0 Å². The molecule has 4 rings (SSSR count). The number of hydrogen-bond donors (Lipinski definition) is 2. The molecule has 8 heteroatoms. The highest BCUT2D eigenvalue weighted by Gasteiger charge is 2.33. The van der Waals surface area contributed by atoms with Gasteiger partial charge in [0, 0.05) is 23.7 Å². The van der Waals surface area contributed by atoms with E-state index in [0.717, 1.165) is 11.3 Å². The molecule has 0 bridgehead atoms. The molecule has 0 heterocycles. The Labute approximate surface area is 221 Å². The summed E-state index contributed by atoms with van der Waals surface area (Å²) in [4.78, 5) is 37.1. The lowest BCUT2D eigenvalue weighted by Gasteiger charge is -2.21. The summed E-state index contributed by atoms with van der Waals surface area (Å²) < 4.78 is 16.4. The fraction of sp³-hybridized carbons (Fsp3) is 0.300. The Morgan fingerprint density at radius 2 is 1.47 bits per heavy atom. The van der Waals surface area contributed by atoms with Crippen LogP contribution >= 0.6 is 0 Å². The van der Waals surface area contributed by atoms with E-state index >= 15 is 0 Å². The highest BCUT2D eigenvalue weighted by molar-refractivity contribution is 6.31. The van der Waals surface area contributed by atoms with Crippen LogP contribution in [0.2, 0.25) is 0 Å². The van der Waals surface area contributed by atoms with E-state index in [0.29, 0.717) is 36.4 Å². The molecule has 3 aromatic carbocycles. The van der Waals surface area contributed by atoms with E-state index in [1.165, 1.54) is 13.0 Å². The van der Waals surface area contributed by atoms with E-state index in [-0.39, 0.29) is 53.2 Å². The molecule has 0 aromatic heterocycles. The number of benzene rings is 3. The molecule has 8 nitrogen and oxygen atoms in total. The van der Waals surface area contributed by atoms with Crippen LogP contribution in [0.3, 0.4) is 0 Å². The molecule has 0 radical (unpaired) electrons. The third kappa shape index (κ3) is 6.27. The van der Waals surface area contributed by atoms with E-state index in [1.54, 1.807) is 30.3 Å². The lowest BCUT2D eigenvalue weighted by atomic mass is 9.82. The summed E-state index contributed by atoms with van der Waals surface area (Å²) in [5.74, 6) is -1.22. The molecule has 0 fully saturated rings. The molecule has 0 amide bonds. The van der Waals surface area contributed by atoms with Crippen molar-refractivity contribution in [2.24, 2.45) is 0 Å². The summed E-state index contributed by atoms with van der Waals surface area (Å²) in [7, 11) is 0. The Balaban J connectivity index is 1.34. The van der Waals surface area contributed by atoms with Gasteiger partial charge in [0.15, 0.2) is 11.6 Å². The van der Waals surface area contributed by atoms with Gasteiger partial charge in [0.1, 0.15) is 12.4 Å². The normalized spacial score (nSPS) is 13.9. The van der Waals surface area contributed by atoms with Crippen molar-refractivity contribution in [3.05, 3.63) is 88.5 Å². The van der Waals surface area contributed by atoms with Crippen molar-refractivity contribution in [3.8, 4) is 5.75 Å². The van der Waals surface area contributed by atoms with E-state index in [1.807, 2.05) is 38.1 Å². The fourth-order valence-corrected chi connectivity index (χ4v) is 4.23. The Bertz CT molecular complexity index is 1330. The average molecular weight is 518 g/mol. The smallest absolute Gasteiger partial charge is 0.302 e. The number of ether oxygens (including phenoxy) is 3. The van der Waals surface area contributed by atoms with Gasteiger partial charge in [-0.15, -0.1) is 0 Å². The second kappa shape index (κ2) is 12.0. The summed E-state index contributed by atoms with van der Waals surface area (Å²) in [5, 5.41) is 13.6. The summed E-state index contributed by atoms with van der Waals surface area (Å²) >= 11 is 0. The van der Waals surface area contributed by atoms with Crippen LogP contribution in [0.5, 0.6) is 5.75 Å². The Hall–Kier alpha value is -4.01. The first-order chi connectivity index (χ1) is 18.2. The molecule has 1 aliphatic carbocycles. The van der Waals surface area contributed by atoms with Crippen LogP contribution in [-0.2, 0) is 25.4 Å². The monoisotopic (exact) mass is 517 g/mol. The summed E-state index contributed by atoms with van der Waals surface area (Å²) in [6.07, 6.45) is 0.389. The quantitative estimate of drug-likeness (QED) is 0.215. The molecule has 0 saturated heterocycles. The number of carbonyl (C=O) groups is 3. The first-order valence-corrected chi connectivity index (χ1v) is 12.5. The van der Waals surface area contributed by atoms with Gasteiger partial charge >= 0.3 is 5.97 Å². The predicted octanol–water partition coefficient (Wildman–Crippen LogP) is 4.83. The van der Waals surface area contributed by atoms with Gasteiger partial charge in [-0.25, -0.2) is 0 Å². The van der Waals surface area contributed by atoms with Gasteiger partial charge in [-0.05, 0) is 50.1 Å². The largest absolute Gasteiger partial charge is 0.507 e. The van der Waals surface area contributed by atoms with Gasteiger partial charge in [-0.3, -0.25) is 14.4 Å². The molecule has 0 saturated carbocycles. The van der Waals surface area contributed by atoms with Crippen LogP contribution in [0.15, 0.2) is 60.7 Å². The molecule has 2 N–H and O–H groups in total. The van der Waals surface area contributed by atoms with E-state index in [2.05, 4.69) is 5.32 Å². The molecule has 3 aromatic rings. The lowest BCUT2D eigenvalue weighted by molar-refractivity contribution is -0.145. The topological polar surface area (TPSA) is 111 Å². The number of aromatic hydroxyl groups is 1. The highest BCUT2D eigenvalue weighted by Crippen LogP contribution is 2.38. The number of nitrogens with one attached hydrogen (secondary N) is 1. The number of anilines is 2. The summed E-state index contributed by atoms with van der Waals surface area (Å²) in [5.41, 5.74) is 3.08. The molecular weight excluding hydrogens is 486 g/mol. The van der Waals surface area contributed by atoms with E-state index in [4.69, 9.17) is 14.2 Å². The average Bonchev–Trinajstić information content (AvgIpc) is 2.91. The van der Waals surface area contributed by atoms with Gasteiger partial charge in [-0.2, -0.15) is 0 Å². The van der Waals surface area contributed by atoms with Gasteiger partial charge in [0.05, 0.1) is 42.2 Å². The van der Waals surface area contributed by atoms with Crippen LogP contribution in [-0.4, -0.2) is 54.7 Å². The van der Waals surface area contributed by atoms with Gasteiger partial charge < -0.3 is 24.6 Å². The zero-order valence-electron chi connectivity index (χ0n) is 21.7. The number of carbonyl (C=O) groups excluding carboxylic acids is 3. The third-order valence-corrected chi connectivity index (χ3v) is 6.22. The standard InChI is InChI=1S/C30H31NO7/c1-18(16-37-19(2)17-38-20(3)32)36-15-14-21-8-10-22(11-9-21)31-25-12-13-26(33)28-27(25)29(34)23-6-4-5-7-24(23)30(28)35/h4-13,18-19,31,33H,14-17H2,1-3H3. The number of ketones is 2. The van der Waals surface area contributed by atoms with Crippen LogP contribution in [0.1, 0.15) is 58.2 Å². The third-order valence-electron chi connectivity index (χ3n) is 6.22. The molecule has 2 unspecified atom stereocenters. The van der Waals surface area contributed by atoms with Crippen LogP contribution in [0, 0.1) is 0 Å². The molecular formula is C30H31NO7. The van der Waals surface area contributed by atoms with Gasteiger partial charge in [0.25, 0.3) is 0 Å². The highest BCUT2D eigenvalue weighted by atomic mass is 16.6. The number of hydrogen-bond acceptors (Lipinski definition) is 8. The maximum Gasteiger partial charge on any atom is 0.302 e. The maximum absolute atomic E-state index is 13.2. The molecule has 2 atom stereocenters. The molecule has 0 aliphatic heterocycles. The fourth-order valence-electron chi connectivity index (χ4n) is 4.23. The summed E-state index contributed by atoms with van der Waals surface area (Å²) in [6.45, 7) is 6.25. The first-order valence-electron chi connectivity index (χ1n) is 12.5. The zero-order valence-corrected chi connectivity index (χ0v) is 21.7. The zero-order chi connectivity index (χ0) is 27.2. The van der Waals surface area contributed by atoms with Gasteiger partial charge in [0.2, 0.25) is 0 Å². The minimum absolute atomic E-state index is 0.0198. The van der Waals surface area contributed by atoms with Crippen molar-refractivity contribution < 1.29 is 33.7 Å². The second-order valence-electron chi connectivity index (χ2n) is 9.29. The SMILES string of the molecule is CC(=O)OCC(C)OCC(C)OCCc1ccc(Nc2ccc(O)c3c2C(=O)c2ccccc2C3=O)cc1. The van der Waals surface area contributed by atoms with E-state index < -0.39 is 0 Å². The maximum atomic E-state index is 13.2. The number of rotatable bonds is 11. The molecule has 0 spiro atoms. The minimum atomic E-state index is -0.370. The molecule has 1 aliphatic rings. The number of fused-ring (bicyclic) bond motifs is 2. The van der Waals surface area contributed by atoms with E-state index in [9.17, 15) is 19.5 Å². The lowest BCUT2D eigenvalue weighted by Crippen LogP contribution is -2.24. The first kappa shape index (κ1) is 27.0. The number of esters is 1. The molecule has 198 valence electrons. The van der Waals surface area contributed by atoms with Crippen LogP contribution < -0.4 is 5.32 Å². The Kier molecular flexibility index (Phi) is 8.55. The number of phenols is 1. The molecule has 38 heavy (non-hydrogen) atoms. The van der Waals surface area contributed by atoms with Crippen LogP contribution in [0.25, 0.3) is 0 Å². The number of phenolic OH excluding ortho intramolecular Hbond substituents is 1. The second-order valence-corrected chi connectivity index (χ2v) is 9.29. The Morgan fingerprint density at radius 3 is 2.13 bits per heavy atom. The van der Waals surface area contributed by atoms with Gasteiger partial charge in [-0.1, -0.05) is 36.4 Å². The van der Waals surface area contributed by atoms with Crippen molar-refractivity contribution in [1.82, 2.24) is 0 Å².